The van der Waals surface area contributed by atoms with Gasteiger partial charge in [0.25, 0.3) is 0 Å². The van der Waals surface area contributed by atoms with E-state index in [1.165, 1.54) is 6.07 Å². The number of nitrogens with one attached hydrogen (secondary N) is 2. The summed E-state index contributed by atoms with van der Waals surface area (Å²) in [6, 6.07) is 7.06. The van der Waals surface area contributed by atoms with Crippen LogP contribution in [0.5, 0.6) is 0 Å². The van der Waals surface area contributed by atoms with E-state index < -0.39 is 0 Å². The lowest BCUT2D eigenvalue weighted by atomic mass is 10.1. The third kappa shape index (κ3) is 4.27. The van der Waals surface area contributed by atoms with Crippen LogP contribution >= 0.6 is 12.2 Å². The third-order valence-electron chi connectivity index (χ3n) is 3.02. The molecule has 0 fully saturated rings. The zero-order chi connectivity index (χ0) is 15.2. The molecule has 2 rings (SSSR count). The van der Waals surface area contributed by atoms with Crippen molar-refractivity contribution in [3.05, 3.63) is 40.2 Å². The molecule has 0 aliphatic rings. The van der Waals surface area contributed by atoms with Crippen molar-refractivity contribution in [2.24, 2.45) is 0 Å². The Labute approximate surface area is 128 Å². The number of hydrogen-bond donors (Lipinski definition) is 2. The van der Waals surface area contributed by atoms with Crippen LogP contribution in [0, 0.1) is 6.92 Å². The Morgan fingerprint density at radius 1 is 1.38 bits per heavy atom. The topological polar surface area (TPSA) is 63.5 Å². The third-order valence-corrected chi connectivity index (χ3v) is 3.27. The molecule has 5 nitrogen and oxygen atoms in total. The predicted octanol–water partition coefficient (Wildman–Crippen LogP) is 2.42. The van der Waals surface area contributed by atoms with Crippen LogP contribution < -0.4 is 16.3 Å². The molecule has 2 aromatic rings. The van der Waals surface area contributed by atoms with Crippen LogP contribution in [0.15, 0.2) is 33.5 Å². The Kier molecular flexibility index (Phi) is 5.30. The second-order valence-corrected chi connectivity index (χ2v) is 5.09. The van der Waals surface area contributed by atoms with E-state index in [0.717, 1.165) is 29.6 Å². The summed E-state index contributed by atoms with van der Waals surface area (Å²) in [5.41, 5.74) is 1.87. The quantitative estimate of drug-likeness (QED) is 0.502. The predicted molar refractivity (Wildman–Crippen MR) is 87.9 cm³/mol. The van der Waals surface area contributed by atoms with Crippen LogP contribution in [0.1, 0.15) is 12.0 Å². The molecule has 2 N–H and O–H groups in total. The molecule has 1 aromatic carbocycles. The minimum Gasteiger partial charge on any atom is -0.423 e. The molecule has 1 heterocycles. The molecule has 0 saturated heterocycles. The first-order chi connectivity index (χ1) is 10.1. The number of methoxy groups -OCH3 is 1. The van der Waals surface area contributed by atoms with E-state index in [2.05, 4.69) is 10.6 Å². The fraction of sp³-hybridized carbons (Fsp3) is 0.333. The number of fused-ring (bicyclic) bond motifs is 1. The summed E-state index contributed by atoms with van der Waals surface area (Å²) >= 11 is 5.20. The summed E-state index contributed by atoms with van der Waals surface area (Å²) in [5.74, 6) is 0. The summed E-state index contributed by atoms with van der Waals surface area (Å²) in [7, 11) is 1.67. The molecule has 0 radical (unpaired) electrons. The first-order valence-electron chi connectivity index (χ1n) is 6.68. The maximum absolute atomic E-state index is 11.4. The number of hydrogen-bond acceptors (Lipinski definition) is 4. The monoisotopic (exact) mass is 306 g/mol. The van der Waals surface area contributed by atoms with Crippen LogP contribution in [-0.4, -0.2) is 25.4 Å². The van der Waals surface area contributed by atoms with Gasteiger partial charge in [0.05, 0.1) is 0 Å². The summed E-state index contributed by atoms with van der Waals surface area (Å²) in [6.45, 7) is 3.31. The van der Waals surface area contributed by atoms with E-state index in [-0.39, 0.29) is 5.63 Å². The Hall–Kier alpha value is -1.92. The molecule has 0 atom stereocenters. The first kappa shape index (κ1) is 15.5. The van der Waals surface area contributed by atoms with E-state index in [1.54, 1.807) is 13.2 Å². The normalized spacial score (nSPS) is 10.6. The molecular formula is C15H18N2O3S. The Morgan fingerprint density at radius 2 is 2.19 bits per heavy atom. The van der Waals surface area contributed by atoms with Crippen LogP contribution in [0.4, 0.5) is 5.69 Å². The van der Waals surface area contributed by atoms with Gasteiger partial charge in [0.15, 0.2) is 5.11 Å². The molecule has 0 unspecified atom stereocenters. The largest absolute Gasteiger partial charge is 0.423 e. The van der Waals surface area contributed by atoms with Crippen molar-refractivity contribution in [1.82, 2.24) is 5.32 Å². The van der Waals surface area contributed by atoms with Gasteiger partial charge in [-0.25, -0.2) is 4.79 Å². The maximum Gasteiger partial charge on any atom is 0.336 e. The molecule has 0 saturated carbocycles. The molecule has 0 aliphatic carbocycles. The second-order valence-electron chi connectivity index (χ2n) is 4.69. The smallest absolute Gasteiger partial charge is 0.336 e. The van der Waals surface area contributed by atoms with Gasteiger partial charge >= 0.3 is 5.63 Å². The molecule has 21 heavy (non-hydrogen) atoms. The van der Waals surface area contributed by atoms with Crippen molar-refractivity contribution in [1.29, 1.82) is 0 Å². The lowest BCUT2D eigenvalue weighted by Crippen LogP contribution is -2.29. The lowest BCUT2D eigenvalue weighted by Gasteiger charge is -2.11. The van der Waals surface area contributed by atoms with Gasteiger partial charge in [0, 0.05) is 43.5 Å². The average molecular weight is 306 g/mol. The van der Waals surface area contributed by atoms with E-state index in [4.69, 9.17) is 21.4 Å². The minimum absolute atomic E-state index is 0.350. The number of aryl methyl sites for hydroxylation is 1. The van der Waals surface area contributed by atoms with Gasteiger partial charge in [0.1, 0.15) is 5.58 Å². The molecule has 112 valence electrons. The van der Waals surface area contributed by atoms with E-state index >= 15 is 0 Å². The maximum atomic E-state index is 11.4. The molecule has 0 amide bonds. The number of benzene rings is 1. The van der Waals surface area contributed by atoms with Gasteiger partial charge in [-0.3, -0.25) is 0 Å². The molecule has 0 spiro atoms. The number of thiocarbonyl (C=S) groups is 1. The fourth-order valence-corrected chi connectivity index (χ4v) is 2.22. The van der Waals surface area contributed by atoms with Gasteiger partial charge in [-0.15, -0.1) is 0 Å². The van der Waals surface area contributed by atoms with Crippen LogP contribution in [0.3, 0.4) is 0 Å². The summed E-state index contributed by atoms with van der Waals surface area (Å²) in [4.78, 5) is 11.4. The zero-order valence-corrected chi connectivity index (χ0v) is 12.9. The summed E-state index contributed by atoms with van der Waals surface area (Å²) in [6.07, 6.45) is 0.879. The highest BCUT2D eigenvalue weighted by Gasteiger charge is 2.04. The van der Waals surface area contributed by atoms with Crippen molar-refractivity contribution >= 4 is 34.0 Å². The molecule has 1 aromatic heterocycles. The Bertz CT molecular complexity index is 697. The van der Waals surface area contributed by atoms with E-state index in [1.807, 2.05) is 19.1 Å². The number of anilines is 1. The minimum atomic E-state index is -0.350. The number of rotatable bonds is 5. The van der Waals surface area contributed by atoms with Crippen LogP contribution in [0.25, 0.3) is 11.0 Å². The van der Waals surface area contributed by atoms with E-state index in [9.17, 15) is 4.79 Å². The van der Waals surface area contributed by atoms with Crippen molar-refractivity contribution in [2.75, 3.05) is 25.6 Å². The van der Waals surface area contributed by atoms with Gasteiger partial charge in [0.2, 0.25) is 0 Å². The van der Waals surface area contributed by atoms with Crippen molar-refractivity contribution in [2.45, 2.75) is 13.3 Å². The second kappa shape index (κ2) is 7.19. The lowest BCUT2D eigenvalue weighted by molar-refractivity contribution is 0.196. The van der Waals surface area contributed by atoms with Gasteiger partial charge < -0.3 is 19.8 Å². The average Bonchev–Trinajstić information content (AvgIpc) is 2.43. The Morgan fingerprint density at radius 3 is 2.95 bits per heavy atom. The standard InChI is InChI=1S/C15H18N2O3S/c1-10-8-14(18)20-13-9-11(4-5-12(10)13)17-15(21)16-6-3-7-19-2/h4-5,8-9H,3,6-7H2,1-2H3,(H2,16,17,21). The molecular weight excluding hydrogens is 288 g/mol. The van der Waals surface area contributed by atoms with Crippen LogP contribution in [0.2, 0.25) is 0 Å². The highest BCUT2D eigenvalue weighted by molar-refractivity contribution is 7.80. The van der Waals surface area contributed by atoms with Crippen LogP contribution in [-0.2, 0) is 4.74 Å². The Balaban J connectivity index is 2.05. The summed E-state index contributed by atoms with van der Waals surface area (Å²) < 4.78 is 10.2. The first-order valence-corrected chi connectivity index (χ1v) is 7.09. The van der Waals surface area contributed by atoms with Crippen molar-refractivity contribution < 1.29 is 9.15 Å². The zero-order valence-electron chi connectivity index (χ0n) is 12.1. The molecule has 6 heteroatoms. The van der Waals surface area contributed by atoms with Gasteiger partial charge in [-0.1, -0.05) is 0 Å². The highest BCUT2D eigenvalue weighted by atomic mass is 32.1. The van der Waals surface area contributed by atoms with Gasteiger partial charge in [-0.05, 0) is 43.3 Å². The molecule has 0 bridgehead atoms. The van der Waals surface area contributed by atoms with Crippen molar-refractivity contribution in [3.63, 3.8) is 0 Å². The fourth-order valence-electron chi connectivity index (χ4n) is 2.00. The SMILES string of the molecule is COCCCNC(=S)Nc1ccc2c(C)cc(=O)oc2c1. The summed E-state index contributed by atoms with van der Waals surface area (Å²) in [5, 5.41) is 7.60. The van der Waals surface area contributed by atoms with Crippen molar-refractivity contribution in [3.8, 4) is 0 Å². The molecule has 0 aliphatic heterocycles. The highest BCUT2D eigenvalue weighted by Crippen LogP contribution is 2.20. The van der Waals surface area contributed by atoms with E-state index in [0.29, 0.717) is 17.3 Å². The number of ether oxygens (including phenoxy) is 1. The van der Waals surface area contributed by atoms with Gasteiger partial charge in [-0.2, -0.15) is 0 Å².